The van der Waals surface area contributed by atoms with Crippen LogP contribution < -0.4 is 0 Å². The van der Waals surface area contributed by atoms with E-state index in [1.165, 1.54) is 0 Å². The number of nitrogens with zero attached hydrogens (tertiary/aromatic N) is 1. The molecule has 1 heterocycles. The second-order valence-electron chi connectivity index (χ2n) is 4.21. The number of hydrogen-bond donors (Lipinski definition) is 0. The molecule has 1 unspecified atom stereocenters. The lowest BCUT2D eigenvalue weighted by atomic mass is 9.80. The van der Waals surface area contributed by atoms with E-state index < -0.39 is 0 Å². The van der Waals surface area contributed by atoms with Crippen molar-refractivity contribution in [2.24, 2.45) is 16.3 Å². The van der Waals surface area contributed by atoms with Crippen LogP contribution in [-0.4, -0.2) is 17.8 Å². The van der Waals surface area contributed by atoms with E-state index in [0.717, 1.165) is 11.6 Å². The van der Waals surface area contributed by atoms with Gasteiger partial charge in [-0.05, 0) is 17.7 Å². The van der Waals surface area contributed by atoms with Crippen molar-refractivity contribution in [3.8, 4) is 0 Å². The van der Waals surface area contributed by atoms with Crippen molar-refractivity contribution in [1.29, 1.82) is 0 Å². The smallest absolute Gasteiger partial charge is 0.0898 e. The number of dihydropyridines is 1. The van der Waals surface area contributed by atoms with Crippen molar-refractivity contribution >= 4 is 16.8 Å². The van der Waals surface area contributed by atoms with Gasteiger partial charge in [0, 0.05) is 12.5 Å². The fraction of sp³-hybridized carbons (Fsp3) is 0.700. The van der Waals surface area contributed by atoms with Gasteiger partial charge in [0.1, 0.15) is 0 Å². The van der Waals surface area contributed by atoms with Crippen LogP contribution in [0.3, 0.4) is 0 Å². The van der Waals surface area contributed by atoms with E-state index >= 15 is 0 Å². The highest BCUT2D eigenvalue weighted by Crippen LogP contribution is 2.29. The molecule has 0 saturated heterocycles. The van der Waals surface area contributed by atoms with Gasteiger partial charge in [0.15, 0.2) is 0 Å². The summed E-state index contributed by atoms with van der Waals surface area (Å²) >= 11 is 1.72. The van der Waals surface area contributed by atoms with E-state index in [4.69, 9.17) is 0 Å². The average molecular weight is 183 g/mol. The molecule has 0 aromatic heterocycles. The Kier molecular flexibility index (Phi) is 2.99. The van der Waals surface area contributed by atoms with Gasteiger partial charge in [-0.15, -0.1) is 11.8 Å². The highest BCUT2D eigenvalue weighted by atomic mass is 32.2. The molecule has 2 heteroatoms. The fourth-order valence-electron chi connectivity index (χ4n) is 1.20. The second-order valence-corrected chi connectivity index (χ2v) is 5.04. The van der Waals surface area contributed by atoms with Crippen molar-refractivity contribution < 1.29 is 0 Å². The third-order valence-electron chi connectivity index (χ3n) is 2.24. The second kappa shape index (κ2) is 3.65. The molecule has 68 valence electrons. The van der Waals surface area contributed by atoms with Crippen LogP contribution in [0.2, 0.25) is 0 Å². The normalized spacial score (nSPS) is 24.0. The SMILES string of the molecule is CSC1=NCC(C(C)(C)C)C=C1. The Morgan fingerprint density at radius 2 is 2.17 bits per heavy atom. The summed E-state index contributed by atoms with van der Waals surface area (Å²) < 4.78 is 0. The first-order chi connectivity index (χ1) is 5.54. The Hall–Kier alpha value is -0.240. The van der Waals surface area contributed by atoms with Crippen LogP contribution in [0.4, 0.5) is 0 Å². The van der Waals surface area contributed by atoms with Crippen LogP contribution in [0.1, 0.15) is 20.8 Å². The standard InChI is InChI=1S/C10H17NS/c1-10(2,3)8-5-6-9(12-4)11-7-8/h5-6,8H,7H2,1-4H3. The first-order valence-electron chi connectivity index (χ1n) is 4.30. The maximum absolute atomic E-state index is 4.49. The number of rotatable bonds is 0. The molecule has 0 aliphatic carbocycles. The van der Waals surface area contributed by atoms with Gasteiger partial charge in [0.25, 0.3) is 0 Å². The predicted molar refractivity (Wildman–Crippen MR) is 57.9 cm³/mol. The maximum atomic E-state index is 4.49. The molecule has 0 fully saturated rings. The first kappa shape index (κ1) is 9.85. The van der Waals surface area contributed by atoms with Crippen LogP contribution in [0.25, 0.3) is 0 Å². The van der Waals surface area contributed by atoms with Crippen LogP contribution in [-0.2, 0) is 0 Å². The highest BCUT2D eigenvalue weighted by molar-refractivity contribution is 8.13. The summed E-state index contributed by atoms with van der Waals surface area (Å²) in [5, 5.41) is 1.16. The van der Waals surface area contributed by atoms with E-state index in [0.29, 0.717) is 11.3 Å². The minimum atomic E-state index is 0.351. The number of aliphatic imine (C=N–C) groups is 1. The molecule has 12 heavy (non-hydrogen) atoms. The quantitative estimate of drug-likeness (QED) is 0.562. The largest absolute Gasteiger partial charge is 0.278 e. The molecule has 0 amide bonds. The predicted octanol–water partition coefficient (Wildman–Crippen LogP) is 2.98. The average Bonchev–Trinajstić information content (AvgIpc) is 2.03. The lowest BCUT2D eigenvalue weighted by Gasteiger charge is -2.28. The van der Waals surface area contributed by atoms with Gasteiger partial charge >= 0.3 is 0 Å². The molecule has 1 rings (SSSR count). The van der Waals surface area contributed by atoms with E-state index in [1.54, 1.807) is 11.8 Å². The lowest BCUT2D eigenvalue weighted by molar-refractivity contribution is 0.299. The Balaban J connectivity index is 2.60. The summed E-state index contributed by atoms with van der Waals surface area (Å²) in [5.74, 6) is 0.605. The molecule has 1 aliphatic heterocycles. The third-order valence-corrected chi connectivity index (χ3v) is 2.92. The molecule has 1 atom stereocenters. The van der Waals surface area contributed by atoms with Gasteiger partial charge in [-0.25, -0.2) is 0 Å². The van der Waals surface area contributed by atoms with Gasteiger partial charge in [-0.1, -0.05) is 26.8 Å². The summed E-state index contributed by atoms with van der Waals surface area (Å²) in [6.07, 6.45) is 6.50. The summed E-state index contributed by atoms with van der Waals surface area (Å²) in [6, 6.07) is 0. The summed E-state index contributed by atoms with van der Waals surface area (Å²) in [5.41, 5.74) is 0.351. The first-order valence-corrected chi connectivity index (χ1v) is 5.53. The molecule has 0 saturated carbocycles. The lowest BCUT2D eigenvalue weighted by Crippen LogP contribution is -2.23. The maximum Gasteiger partial charge on any atom is 0.0898 e. The Labute approximate surface area is 79.3 Å². The molecule has 0 aromatic rings. The van der Waals surface area contributed by atoms with Crippen LogP contribution in [0.5, 0.6) is 0 Å². The molecule has 0 aromatic carbocycles. The monoisotopic (exact) mass is 183 g/mol. The molecule has 0 spiro atoms. The van der Waals surface area contributed by atoms with Crippen molar-refractivity contribution in [1.82, 2.24) is 0 Å². The minimum Gasteiger partial charge on any atom is -0.278 e. The zero-order chi connectivity index (χ0) is 9.19. The molecule has 0 radical (unpaired) electrons. The molecule has 1 nitrogen and oxygen atoms in total. The Bertz CT molecular complexity index is 210. The topological polar surface area (TPSA) is 12.4 Å². The van der Waals surface area contributed by atoms with Crippen molar-refractivity contribution in [3.05, 3.63) is 12.2 Å². The molecule has 0 bridgehead atoms. The third kappa shape index (κ3) is 2.37. The number of hydrogen-bond acceptors (Lipinski definition) is 2. The molecule has 0 N–H and O–H groups in total. The van der Waals surface area contributed by atoms with Gasteiger partial charge in [0.2, 0.25) is 0 Å². The Morgan fingerprint density at radius 1 is 1.50 bits per heavy atom. The van der Waals surface area contributed by atoms with E-state index in [9.17, 15) is 0 Å². The van der Waals surface area contributed by atoms with E-state index in [1.807, 2.05) is 0 Å². The minimum absolute atomic E-state index is 0.351. The van der Waals surface area contributed by atoms with Crippen LogP contribution in [0, 0.1) is 11.3 Å². The van der Waals surface area contributed by atoms with Crippen LogP contribution >= 0.6 is 11.8 Å². The number of thioether (sulfide) groups is 1. The van der Waals surface area contributed by atoms with Gasteiger partial charge in [-0.3, -0.25) is 4.99 Å². The fourth-order valence-corrected chi connectivity index (χ4v) is 1.61. The molecular formula is C10H17NS. The molecular weight excluding hydrogens is 166 g/mol. The highest BCUT2D eigenvalue weighted by Gasteiger charge is 2.23. The summed E-state index contributed by atoms with van der Waals surface area (Å²) in [4.78, 5) is 4.49. The van der Waals surface area contributed by atoms with Gasteiger partial charge in [-0.2, -0.15) is 0 Å². The van der Waals surface area contributed by atoms with Crippen molar-refractivity contribution in [2.75, 3.05) is 12.8 Å². The van der Waals surface area contributed by atoms with E-state index in [-0.39, 0.29) is 0 Å². The van der Waals surface area contributed by atoms with E-state index in [2.05, 4.69) is 44.2 Å². The van der Waals surface area contributed by atoms with Crippen molar-refractivity contribution in [2.45, 2.75) is 20.8 Å². The summed E-state index contributed by atoms with van der Waals surface area (Å²) in [6.45, 7) is 7.75. The van der Waals surface area contributed by atoms with Crippen LogP contribution in [0.15, 0.2) is 17.1 Å². The zero-order valence-electron chi connectivity index (χ0n) is 8.29. The molecule has 1 aliphatic rings. The van der Waals surface area contributed by atoms with Gasteiger partial charge < -0.3 is 0 Å². The zero-order valence-corrected chi connectivity index (χ0v) is 9.11. The van der Waals surface area contributed by atoms with Gasteiger partial charge in [0.05, 0.1) is 5.04 Å². The summed E-state index contributed by atoms with van der Waals surface area (Å²) in [7, 11) is 0. The Morgan fingerprint density at radius 3 is 2.50 bits per heavy atom. The van der Waals surface area contributed by atoms with Crippen molar-refractivity contribution in [3.63, 3.8) is 0 Å².